The summed E-state index contributed by atoms with van der Waals surface area (Å²) in [6.45, 7) is 2.04. The minimum atomic E-state index is -0.892. The van der Waals surface area contributed by atoms with Crippen molar-refractivity contribution in [1.82, 2.24) is 14.9 Å². The Balaban J connectivity index is 1.86. The number of anilines is 1. The van der Waals surface area contributed by atoms with Crippen molar-refractivity contribution in [3.63, 3.8) is 0 Å². The molecule has 1 N–H and O–H groups in total. The number of hydrogen-bond acceptors (Lipinski definition) is 5. The Morgan fingerprint density at radius 1 is 1.09 bits per heavy atom. The van der Waals surface area contributed by atoms with E-state index in [4.69, 9.17) is 10.4 Å². The predicted molar refractivity (Wildman–Crippen MR) is 84.0 cm³/mol. The number of amides is 1. The van der Waals surface area contributed by atoms with E-state index >= 15 is 0 Å². The molecule has 1 aromatic heterocycles. The first kappa shape index (κ1) is 14.8. The first-order valence-corrected chi connectivity index (χ1v) is 7.23. The van der Waals surface area contributed by atoms with Crippen molar-refractivity contribution in [3.8, 4) is 17.3 Å². The van der Waals surface area contributed by atoms with Crippen LogP contribution in [0.5, 0.6) is 0 Å². The Hall–Kier alpha value is -3.14. The van der Waals surface area contributed by atoms with E-state index in [1.807, 2.05) is 17.0 Å². The molecule has 116 valence electrons. The lowest BCUT2D eigenvalue weighted by atomic mass is 10.1. The summed E-state index contributed by atoms with van der Waals surface area (Å²) in [6.07, 6.45) is 2.37. The lowest BCUT2D eigenvalue weighted by molar-refractivity contribution is 0.142. The molecule has 23 heavy (non-hydrogen) atoms. The first-order chi connectivity index (χ1) is 11.2. The second-order valence-corrected chi connectivity index (χ2v) is 5.17. The Bertz CT molecular complexity index is 746. The van der Waals surface area contributed by atoms with Gasteiger partial charge >= 0.3 is 6.09 Å². The minimum absolute atomic E-state index is 0.443. The Kier molecular flexibility index (Phi) is 4.06. The maximum atomic E-state index is 11.0. The molecule has 0 aliphatic carbocycles. The van der Waals surface area contributed by atoms with Gasteiger partial charge in [0, 0.05) is 44.1 Å². The average molecular weight is 309 g/mol. The van der Waals surface area contributed by atoms with Crippen molar-refractivity contribution < 1.29 is 9.90 Å². The lowest BCUT2D eigenvalue weighted by Gasteiger charge is -2.34. The fourth-order valence-corrected chi connectivity index (χ4v) is 2.58. The Labute approximate surface area is 133 Å². The minimum Gasteiger partial charge on any atom is -0.465 e. The van der Waals surface area contributed by atoms with E-state index in [1.54, 1.807) is 24.5 Å². The van der Waals surface area contributed by atoms with Crippen LogP contribution in [0.2, 0.25) is 0 Å². The monoisotopic (exact) mass is 309 g/mol. The molecule has 0 saturated carbocycles. The van der Waals surface area contributed by atoms with Crippen molar-refractivity contribution >= 4 is 11.9 Å². The smallest absolute Gasteiger partial charge is 0.407 e. The molecule has 1 saturated heterocycles. The van der Waals surface area contributed by atoms with Gasteiger partial charge in [0.2, 0.25) is 0 Å². The zero-order valence-corrected chi connectivity index (χ0v) is 12.4. The lowest BCUT2D eigenvalue weighted by Crippen LogP contribution is -2.48. The summed E-state index contributed by atoms with van der Waals surface area (Å²) in [4.78, 5) is 23.3. The van der Waals surface area contributed by atoms with Crippen molar-refractivity contribution in [3.05, 3.63) is 42.2 Å². The van der Waals surface area contributed by atoms with Gasteiger partial charge in [-0.3, -0.25) is 4.98 Å². The molecular weight excluding hydrogens is 294 g/mol. The molecular formula is C16H15N5O2. The number of carbonyl (C=O) groups is 1. The third-order valence-corrected chi connectivity index (χ3v) is 3.82. The number of nitrogens with zero attached hydrogens (tertiary/aromatic N) is 5. The SMILES string of the molecule is N#Cc1ccc(-c2nccnc2N2CCN(C(=O)O)CC2)cc1. The Morgan fingerprint density at radius 2 is 1.74 bits per heavy atom. The predicted octanol–water partition coefficient (Wildman–Crippen LogP) is 1.82. The van der Waals surface area contributed by atoms with Crippen molar-refractivity contribution in [2.24, 2.45) is 0 Å². The fourth-order valence-electron chi connectivity index (χ4n) is 2.58. The van der Waals surface area contributed by atoms with Gasteiger partial charge in [-0.1, -0.05) is 12.1 Å². The molecule has 0 bridgehead atoms. The van der Waals surface area contributed by atoms with Crippen LogP contribution in [0.4, 0.5) is 10.6 Å². The topological polar surface area (TPSA) is 93.4 Å². The van der Waals surface area contributed by atoms with Crippen LogP contribution in [0.25, 0.3) is 11.3 Å². The molecule has 7 nitrogen and oxygen atoms in total. The van der Waals surface area contributed by atoms with E-state index in [1.165, 1.54) is 4.90 Å². The largest absolute Gasteiger partial charge is 0.465 e. The highest BCUT2D eigenvalue weighted by atomic mass is 16.4. The van der Waals surface area contributed by atoms with Gasteiger partial charge in [0.05, 0.1) is 11.6 Å². The maximum Gasteiger partial charge on any atom is 0.407 e. The molecule has 1 aromatic carbocycles. The van der Waals surface area contributed by atoms with Crippen molar-refractivity contribution in [2.75, 3.05) is 31.1 Å². The zero-order chi connectivity index (χ0) is 16.2. The summed E-state index contributed by atoms with van der Waals surface area (Å²) in [7, 11) is 0. The standard InChI is InChI=1S/C16H15N5O2/c17-11-12-1-3-13(4-2-12)14-15(19-6-5-18-14)20-7-9-21(10-8-20)16(22)23/h1-6H,7-10H2,(H,22,23). The normalized spacial score (nSPS) is 14.4. The van der Waals surface area contributed by atoms with Gasteiger partial charge in [0.15, 0.2) is 5.82 Å². The molecule has 2 aromatic rings. The summed E-state index contributed by atoms with van der Waals surface area (Å²) in [5, 5.41) is 17.9. The van der Waals surface area contributed by atoms with Crippen LogP contribution in [0.15, 0.2) is 36.7 Å². The van der Waals surface area contributed by atoms with Crippen LogP contribution in [0, 0.1) is 11.3 Å². The summed E-state index contributed by atoms with van der Waals surface area (Å²) < 4.78 is 0. The molecule has 1 amide bonds. The van der Waals surface area contributed by atoms with Gasteiger partial charge in [-0.2, -0.15) is 5.26 Å². The van der Waals surface area contributed by atoms with Crippen molar-refractivity contribution in [1.29, 1.82) is 5.26 Å². The van der Waals surface area contributed by atoms with E-state index < -0.39 is 6.09 Å². The zero-order valence-electron chi connectivity index (χ0n) is 12.4. The second-order valence-electron chi connectivity index (χ2n) is 5.17. The molecule has 1 aliphatic rings. The van der Waals surface area contributed by atoms with E-state index in [0.29, 0.717) is 31.7 Å². The summed E-state index contributed by atoms with van der Waals surface area (Å²) in [5.41, 5.74) is 2.21. The number of nitriles is 1. The first-order valence-electron chi connectivity index (χ1n) is 7.23. The van der Waals surface area contributed by atoms with Gasteiger partial charge in [0.25, 0.3) is 0 Å². The number of hydrogen-bond donors (Lipinski definition) is 1. The summed E-state index contributed by atoms with van der Waals surface area (Å²) in [5.74, 6) is 0.738. The fraction of sp³-hybridized carbons (Fsp3) is 0.250. The van der Waals surface area contributed by atoms with Gasteiger partial charge in [-0.25, -0.2) is 9.78 Å². The van der Waals surface area contributed by atoms with Gasteiger partial charge in [-0.05, 0) is 12.1 Å². The third kappa shape index (κ3) is 3.06. The molecule has 2 heterocycles. The Morgan fingerprint density at radius 3 is 2.35 bits per heavy atom. The van der Waals surface area contributed by atoms with Crippen LogP contribution in [0.1, 0.15) is 5.56 Å². The van der Waals surface area contributed by atoms with Crippen LogP contribution >= 0.6 is 0 Å². The summed E-state index contributed by atoms with van der Waals surface area (Å²) >= 11 is 0. The average Bonchev–Trinajstić information content (AvgIpc) is 2.62. The van der Waals surface area contributed by atoms with E-state index in [-0.39, 0.29) is 0 Å². The third-order valence-electron chi connectivity index (χ3n) is 3.82. The quantitative estimate of drug-likeness (QED) is 0.909. The number of rotatable bonds is 2. The number of carboxylic acid groups (broad SMARTS) is 1. The molecule has 3 rings (SSSR count). The number of aromatic nitrogens is 2. The van der Waals surface area contributed by atoms with Gasteiger partial charge < -0.3 is 14.9 Å². The van der Waals surface area contributed by atoms with Crippen molar-refractivity contribution in [2.45, 2.75) is 0 Å². The van der Waals surface area contributed by atoms with E-state index in [0.717, 1.165) is 17.1 Å². The van der Waals surface area contributed by atoms with Crippen LogP contribution in [-0.4, -0.2) is 52.2 Å². The summed E-state index contributed by atoms with van der Waals surface area (Å²) in [6, 6.07) is 9.28. The van der Waals surface area contributed by atoms with Crippen LogP contribution < -0.4 is 4.90 Å². The van der Waals surface area contributed by atoms with Crippen LogP contribution in [0.3, 0.4) is 0 Å². The number of piperazine rings is 1. The molecule has 1 aliphatic heterocycles. The highest BCUT2D eigenvalue weighted by Crippen LogP contribution is 2.27. The molecule has 0 spiro atoms. The molecule has 0 unspecified atom stereocenters. The second kappa shape index (κ2) is 6.32. The highest BCUT2D eigenvalue weighted by molar-refractivity contribution is 5.73. The molecule has 7 heteroatoms. The number of benzene rings is 1. The van der Waals surface area contributed by atoms with Gasteiger partial charge in [0.1, 0.15) is 5.69 Å². The van der Waals surface area contributed by atoms with E-state index in [2.05, 4.69) is 16.0 Å². The molecule has 0 radical (unpaired) electrons. The van der Waals surface area contributed by atoms with E-state index in [9.17, 15) is 4.79 Å². The molecule has 0 atom stereocenters. The highest BCUT2D eigenvalue weighted by Gasteiger charge is 2.23. The van der Waals surface area contributed by atoms with Crippen LogP contribution in [-0.2, 0) is 0 Å². The maximum absolute atomic E-state index is 11.0. The van der Waals surface area contributed by atoms with Gasteiger partial charge in [-0.15, -0.1) is 0 Å². The molecule has 1 fully saturated rings.